The van der Waals surface area contributed by atoms with Crippen molar-refractivity contribution >= 4 is 11.9 Å². The number of halogens is 1. The molecule has 0 spiro atoms. The Bertz CT molecular complexity index is 1100. The molecule has 1 atom stereocenters. The third kappa shape index (κ3) is 5.20. The summed E-state index contributed by atoms with van der Waals surface area (Å²) in [6.07, 6.45) is 3.62. The lowest BCUT2D eigenvalue weighted by Crippen LogP contribution is -2.39. The molecule has 1 saturated heterocycles. The van der Waals surface area contributed by atoms with Gasteiger partial charge in [-0.25, -0.2) is 14.4 Å². The van der Waals surface area contributed by atoms with Crippen LogP contribution < -0.4 is 4.90 Å². The zero-order chi connectivity index (χ0) is 23.4. The summed E-state index contributed by atoms with van der Waals surface area (Å²) in [4.78, 5) is 26.4. The molecule has 7 heteroatoms. The van der Waals surface area contributed by atoms with E-state index in [-0.39, 0.29) is 17.6 Å². The first kappa shape index (κ1) is 22.9. The van der Waals surface area contributed by atoms with Crippen molar-refractivity contribution in [2.75, 3.05) is 39.2 Å². The number of aromatic nitrogens is 2. The molecule has 33 heavy (non-hydrogen) atoms. The zero-order valence-electron chi connectivity index (χ0n) is 19.3. The van der Waals surface area contributed by atoms with Crippen LogP contribution in [0.5, 0.6) is 0 Å². The minimum absolute atomic E-state index is 0.0221. The molecule has 1 aromatic heterocycles. The molecule has 1 aliphatic rings. The highest BCUT2D eigenvalue weighted by Crippen LogP contribution is 2.34. The van der Waals surface area contributed by atoms with Crippen LogP contribution in [0.2, 0.25) is 0 Å². The van der Waals surface area contributed by atoms with Gasteiger partial charge in [-0.2, -0.15) is 0 Å². The van der Waals surface area contributed by atoms with Crippen LogP contribution in [0.1, 0.15) is 40.4 Å². The number of carbonyl (C=O) groups excluding carboxylic acids is 1. The fourth-order valence-electron chi connectivity index (χ4n) is 4.24. The van der Waals surface area contributed by atoms with Gasteiger partial charge in [-0.05, 0) is 48.2 Å². The molecule has 0 aliphatic carbocycles. The second kappa shape index (κ2) is 10.1. The number of benzene rings is 2. The first-order valence-corrected chi connectivity index (χ1v) is 11.1. The van der Waals surface area contributed by atoms with Crippen LogP contribution in [0.3, 0.4) is 0 Å². The largest absolute Gasteiger partial charge is 0.380 e. The normalized spacial score (nSPS) is 16.0. The van der Waals surface area contributed by atoms with Crippen molar-refractivity contribution in [1.29, 1.82) is 0 Å². The summed E-state index contributed by atoms with van der Waals surface area (Å²) in [7, 11) is 5.46. The van der Waals surface area contributed by atoms with Gasteiger partial charge in [0.1, 0.15) is 5.82 Å². The lowest BCUT2D eigenvalue weighted by Gasteiger charge is -2.33. The molecule has 3 aromatic rings. The number of hydrogen-bond acceptors (Lipinski definition) is 5. The minimum atomic E-state index is -0.280. The second-order valence-electron chi connectivity index (χ2n) is 8.59. The number of methoxy groups -OCH3 is 1. The van der Waals surface area contributed by atoms with Gasteiger partial charge in [0.05, 0.1) is 12.3 Å². The molecular weight excluding hydrogens is 419 g/mol. The number of carbonyl (C=O) groups is 1. The molecule has 4 rings (SSSR count). The highest BCUT2D eigenvalue weighted by molar-refractivity contribution is 5.94. The third-order valence-electron chi connectivity index (χ3n) is 5.97. The summed E-state index contributed by atoms with van der Waals surface area (Å²) in [5.74, 6) is 0.427. The predicted octanol–water partition coefficient (Wildman–Crippen LogP) is 4.51. The maximum atomic E-state index is 13.5. The third-order valence-corrected chi connectivity index (χ3v) is 5.97. The molecule has 0 N–H and O–H groups in total. The van der Waals surface area contributed by atoms with E-state index < -0.39 is 0 Å². The Kier molecular flexibility index (Phi) is 6.99. The Hall–Kier alpha value is -3.32. The number of likely N-dealkylation sites (tertiary alicyclic amines) is 1. The van der Waals surface area contributed by atoms with E-state index in [0.29, 0.717) is 31.2 Å². The fourth-order valence-corrected chi connectivity index (χ4v) is 4.24. The van der Waals surface area contributed by atoms with E-state index in [1.165, 1.54) is 12.1 Å². The van der Waals surface area contributed by atoms with Crippen LogP contribution in [-0.4, -0.2) is 55.1 Å². The number of nitrogens with zero attached hydrogens (tertiary/aromatic N) is 4. The molecule has 2 aromatic carbocycles. The minimum Gasteiger partial charge on any atom is -0.380 e. The van der Waals surface area contributed by atoms with Gasteiger partial charge in [0.15, 0.2) is 0 Å². The molecule has 2 heterocycles. The van der Waals surface area contributed by atoms with Crippen LogP contribution in [0, 0.1) is 5.82 Å². The van der Waals surface area contributed by atoms with Crippen molar-refractivity contribution in [2.45, 2.75) is 25.4 Å². The quantitative estimate of drug-likeness (QED) is 0.555. The summed E-state index contributed by atoms with van der Waals surface area (Å²) in [6.45, 7) is 1.82. The smallest absolute Gasteiger partial charge is 0.253 e. The Balaban J connectivity index is 1.62. The zero-order valence-corrected chi connectivity index (χ0v) is 19.3. The predicted molar refractivity (Wildman–Crippen MR) is 127 cm³/mol. The molecule has 6 nitrogen and oxygen atoms in total. The second-order valence-corrected chi connectivity index (χ2v) is 8.59. The molecular formula is C26H29FN4O2. The number of piperidine rings is 1. The van der Waals surface area contributed by atoms with Gasteiger partial charge in [0.25, 0.3) is 5.91 Å². The number of anilines is 1. The Morgan fingerprint density at radius 1 is 1.15 bits per heavy atom. The molecule has 172 valence electrons. The number of hydrogen-bond donors (Lipinski definition) is 0. The number of rotatable bonds is 6. The van der Waals surface area contributed by atoms with Gasteiger partial charge in [-0.15, -0.1) is 0 Å². The highest BCUT2D eigenvalue weighted by Gasteiger charge is 2.29. The molecule has 0 bridgehead atoms. The maximum absolute atomic E-state index is 13.5. The Labute approximate surface area is 194 Å². The van der Waals surface area contributed by atoms with E-state index in [2.05, 4.69) is 4.98 Å². The van der Waals surface area contributed by atoms with Crippen molar-refractivity contribution in [1.82, 2.24) is 14.9 Å². The SMILES string of the molecule is COCc1ccc(C(=O)N2CCCC(c3nc(N(C)C)ncc3-c3ccc(F)cc3)C2)cc1. The van der Waals surface area contributed by atoms with Crippen LogP contribution in [-0.2, 0) is 11.3 Å². The van der Waals surface area contributed by atoms with Gasteiger partial charge >= 0.3 is 0 Å². The van der Waals surface area contributed by atoms with E-state index in [1.807, 2.05) is 48.2 Å². The topological polar surface area (TPSA) is 58.6 Å². The van der Waals surface area contributed by atoms with Crippen LogP contribution in [0.25, 0.3) is 11.1 Å². The summed E-state index contributed by atoms with van der Waals surface area (Å²) in [5, 5.41) is 0. The first-order valence-electron chi connectivity index (χ1n) is 11.1. The summed E-state index contributed by atoms with van der Waals surface area (Å²) in [5.41, 5.74) is 4.35. The van der Waals surface area contributed by atoms with Crippen LogP contribution in [0.15, 0.2) is 54.7 Å². The van der Waals surface area contributed by atoms with E-state index in [1.54, 1.807) is 25.4 Å². The molecule has 1 fully saturated rings. The van der Waals surface area contributed by atoms with E-state index in [9.17, 15) is 9.18 Å². The van der Waals surface area contributed by atoms with Gasteiger partial charge in [0.2, 0.25) is 5.95 Å². The number of amides is 1. The summed E-state index contributed by atoms with van der Waals surface area (Å²) < 4.78 is 18.7. The first-order chi connectivity index (χ1) is 16.0. The van der Waals surface area contributed by atoms with Crippen molar-refractivity contribution < 1.29 is 13.9 Å². The average Bonchev–Trinajstić information content (AvgIpc) is 2.84. The van der Waals surface area contributed by atoms with Crippen molar-refractivity contribution in [3.05, 3.63) is 77.4 Å². The van der Waals surface area contributed by atoms with Gasteiger partial charge in [-0.3, -0.25) is 4.79 Å². The van der Waals surface area contributed by atoms with Gasteiger partial charge in [0, 0.05) is 57.5 Å². The Morgan fingerprint density at radius 3 is 2.55 bits per heavy atom. The monoisotopic (exact) mass is 448 g/mol. The standard InChI is InChI=1S/C26H29FN4O2/c1-30(2)26-28-15-23(19-10-12-22(27)13-11-19)24(29-26)21-5-4-14-31(16-21)25(32)20-8-6-18(7-9-20)17-33-3/h6-13,15,21H,4-5,14,16-17H2,1-3H3. The Morgan fingerprint density at radius 2 is 1.88 bits per heavy atom. The summed E-state index contributed by atoms with van der Waals surface area (Å²) >= 11 is 0. The fraction of sp³-hybridized carbons (Fsp3) is 0.346. The van der Waals surface area contributed by atoms with E-state index >= 15 is 0 Å². The van der Waals surface area contributed by atoms with Crippen molar-refractivity contribution in [2.24, 2.45) is 0 Å². The van der Waals surface area contributed by atoms with Crippen LogP contribution in [0.4, 0.5) is 10.3 Å². The van der Waals surface area contributed by atoms with Crippen molar-refractivity contribution in [3.8, 4) is 11.1 Å². The number of ether oxygens (including phenoxy) is 1. The van der Waals surface area contributed by atoms with E-state index in [4.69, 9.17) is 9.72 Å². The highest BCUT2D eigenvalue weighted by atomic mass is 19.1. The van der Waals surface area contributed by atoms with Gasteiger partial charge in [-0.1, -0.05) is 24.3 Å². The maximum Gasteiger partial charge on any atom is 0.253 e. The van der Waals surface area contributed by atoms with Gasteiger partial charge < -0.3 is 14.5 Å². The molecule has 1 amide bonds. The summed E-state index contributed by atoms with van der Waals surface area (Å²) in [6, 6.07) is 14.0. The molecule has 0 radical (unpaired) electrons. The van der Waals surface area contributed by atoms with E-state index in [0.717, 1.165) is 35.2 Å². The molecule has 1 unspecified atom stereocenters. The van der Waals surface area contributed by atoms with Crippen molar-refractivity contribution in [3.63, 3.8) is 0 Å². The molecule has 0 saturated carbocycles. The molecule has 1 aliphatic heterocycles. The lowest BCUT2D eigenvalue weighted by atomic mass is 9.89. The lowest BCUT2D eigenvalue weighted by molar-refractivity contribution is 0.0706. The van der Waals surface area contributed by atoms with Crippen LogP contribution >= 0.6 is 0 Å². The average molecular weight is 449 g/mol.